The van der Waals surface area contributed by atoms with E-state index in [4.69, 9.17) is 15.3 Å². The Morgan fingerprint density at radius 2 is 2.10 bits per heavy atom. The van der Waals surface area contributed by atoms with Crippen LogP contribution in [0.15, 0.2) is 0 Å². The molecule has 5 nitrogen and oxygen atoms in total. The van der Waals surface area contributed by atoms with Gasteiger partial charge in [0.2, 0.25) is 0 Å². The Kier molecular flexibility index (Phi) is 3.94. The Labute approximate surface area is 57.9 Å². The summed E-state index contributed by atoms with van der Waals surface area (Å²) in [5, 5.41) is 25.6. The molecule has 0 radical (unpaired) electrons. The van der Waals surface area contributed by atoms with Gasteiger partial charge in [-0.1, -0.05) is 0 Å². The maximum absolute atomic E-state index is 10.4. The summed E-state index contributed by atoms with van der Waals surface area (Å²) < 4.78 is 4.07. The van der Waals surface area contributed by atoms with Gasteiger partial charge in [-0.2, -0.15) is 0 Å². The number of ether oxygens (including phenoxy) is 1. The second-order valence-corrected chi connectivity index (χ2v) is 1.72. The van der Waals surface area contributed by atoms with Crippen molar-refractivity contribution >= 4 is 5.97 Å². The fourth-order valence-electron chi connectivity index (χ4n) is 0.378. The third kappa shape index (κ3) is 2.30. The van der Waals surface area contributed by atoms with Gasteiger partial charge >= 0.3 is 5.97 Å². The number of aliphatic hydroxyl groups excluding tert-OH is 3. The summed E-state index contributed by atoms with van der Waals surface area (Å²) in [4.78, 5) is 10.4. The topological polar surface area (TPSA) is 87.0 Å². The lowest BCUT2D eigenvalue weighted by Crippen LogP contribution is -2.37. The zero-order chi connectivity index (χ0) is 8.15. The molecule has 60 valence electrons. The van der Waals surface area contributed by atoms with E-state index in [1.165, 1.54) is 0 Å². The number of methoxy groups -OCH3 is 1. The van der Waals surface area contributed by atoms with Crippen LogP contribution in [0.2, 0.25) is 0 Å². The quantitative estimate of drug-likeness (QED) is 0.400. The molecule has 0 bridgehead atoms. The predicted molar refractivity (Wildman–Crippen MR) is 31.1 cm³/mol. The third-order valence-corrected chi connectivity index (χ3v) is 0.994. The van der Waals surface area contributed by atoms with E-state index in [9.17, 15) is 4.79 Å². The van der Waals surface area contributed by atoms with Gasteiger partial charge in [0.15, 0.2) is 6.10 Å². The normalized spacial score (nSPS) is 16.0. The minimum absolute atomic E-state index is 0.670. The molecule has 5 heteroatoms. The van der Waals surface area contributed by atoms with Crippen molar-refractivity contribution < 1.29 is 24.9 Å². The molecule has 0 spiro atoms. The molecule has 0 unspecified atom stereocenters. The second-order valence-electron chi connectivity index (χ2n) is 1.72. The van der Waals surface area contributed by atoms with Gasteiger partial charge in [0, 0.05) is 0 Å². The summed E-state index contributed by atoms with van der Waals surface area (Å²) in [5.41, 5.74) is 0. The molecular weight excluding hydrogens is 140 g/mol. The zero-order valence-electron chi connectivity index (χ0n) is 5.52. The van der Waals surface area contributed by atoms with Crippen molar-refractivity contribution in [1.82, 2.24) is 0 Å². The van der Waals surface area contributed by atoms with Gasteiger partial charge in [-0.05, 0) is 0 Å². The fraction of sp³-hybridized carbons (Fsp3) is 0.800. The summed E-state index contributed by atoms with van der Waals surface area (Å²) in [6.45, 7) is -0.670. The van der Waals surface area contributed by atoms with Crippen LogP contribution in [0.3, 0.4) is 0 Å². The number of esters is 1. The summed E-state index contributed by atoms with van der Waals surface area (Å²) in [5.74, 6) is -0.957. The summed E-state index contributed by atoms with van der Waals surface area (Å²) in [6.07, 6.45) is -3.12. The lowest BCUT2D eigenvalue weighted by atomic mass is 10.2. The molecule has 0 saturated carbocycles. The minimum atomic E-state index is -1.66. The van der Waals surface area contributed by atoms with Crippen LogP contribution in [0.4, 0.5) is 0 Å². The van der Waals surface area contributed by atoms with Gasteiger partial charge in [-0.3, -0.25) is 0 Å². The van der Waals surface area contributed by atoms with E-state index in [-0.39, 0.29) is 0 Å². The maximum atomic E-state index is 10.4. The molecule has 3 N–H and O–H groups in total. The molecule has 10 heavy (non-hydrogen) atoms. The largest absolute Gasteiger partial charge is 0.467 e. The molecule has 0 aliphatic carbocycles. The molecule has 2 atom stereocenters. The Hall–Kier alpha value is -0.650. The van der Waals surface area contributed by atoms with Gasteiger partial charge in [0.1, 0.15) is 6.10 Å². The lowest BCUT2D eigenvalue weighted by Gasteiger charge is -2.11. The summed E-state index contributed by atoms with van der Waals surface area (Å²) in [7, 11) is 1.08. The molecule has 0 heterocycles. The Morgan fingerprint density at radius 1 is 1.60 bits per heavy atom. The van der Waals surface area contributed by atoms with Gasteiger partial charge < -0.3 is 20.1 Å². The van der Waals surface area contributed by atoms with Crippen LogP contribution >= 0.6 is 0 Å². The Morgan fingerprint density at radius 3 is 2.40 bits per heavy atom. The predicted octanol–water partition coefficient (Wildman–Crippen LogP) is -2.13. The van der Waals surface area contributed by atoms with E-state index in [0.29, 0.717) is 0 Å². The van der Waals surface area contributed by atoms with Crippen LogP contribution < -0.4 is 0 Å². The number of rotatable bonds is 3. The standard InChI is InChI=1S/C5H10O5/c1-10-5(9)4(8)3(7)2-6/h3-4,6-8H,2H2,1H3/t3-,4-/m0/s1. The van der Waals surface area contributed by atoms with Crippen molar-refractivity contribution in [2.45, 2.75) is 12.2 Å². The molecule has 0 aliphatic rings. The lowest BCUT2D eigenvalue weighted by molar-refractivity contribution is -0.158. The van der Waals surface area contributed by atoms with Crippen molar-refractivity contribution in [2.24, 2.45) is 0 Å². The van der Waals surface area contributed by atoms with Gasteiger partial charge in [-0.15, -0.1) is 0 Å². The minimum Gasteiger partial charge on any atom is -0.467 e. The molecule has 0 amide bonds. The molecule has 0 aromatic heterocycles. The molecule has 0 aliphatic heterocycles. The summed E-state index contributed by atoms with van der Waals surface area (Å²) in [6, 6.07) is 0. The zero-order valence-corrected chi connectivity index (χ0v) is 5.52. The first-order valence-electron chi connectivity index (χ1n) is 2.68. The second kappa shape index (κ2) is 4.21. The smallest absolute Gasteiger partial charge is 0.337 e. The van der Waals surface area contributed by atoms with Crippen molar-refractivity contribution in [3.63, 3.8) is 0 Å². The van der Waals surface area contributed by atoms with Crippen molar-refractivity contribution in [3.8, 4) is 0 Å². The van der Waals surface area contributed by atoms with Crippen LogP contribution in [0.1, 0.15) is 0 Å². The first-order valence-corrected chi connectivity index (χ1v) is 2.68. The number of aliphatic hydroxyl groups is 3. The first kappa shape index (κ1) is 9.35. The van der Waals surface area contributed by atoms with Crippen molar-refractivity contribution in [2.75, 3.05) is 13.7 Å². The van der Waals surface area contributed by atoms with Crippen LogP contribution in [0, 0.1) is 0 Å². The highest BCUT2D eigenvalue weighted by Crippen LogP contribution is 1.93. The number of carbonyl (C=O) groups excluding carboxylic acids is 1. The number of carbonyl (C=O) groups is 1. The van der Waals surface area contributed by atoms with E-state index in [1.54, 1.807) is 0 Å². The molecule has 0 aromatic rings. The maximum Gasteiger partial charge on any atom is 0.337 e. The highest BCUT2D eigenvalue weighted by atomic mass is 16.5. The van der Waals surface area contributed by atoms with Gasteiger partial charge in [-0.25, -0.2) is 4.79 Å². The molecule has 0 saturated heterocycles. The summed E-state index contributed by atoms with van der Waals surface area (Å²) >= 11 is 0. The average molecular weight is 150 g/mol. The Balaban J connectivity index is 3.81. The highest BCUT2D eigenvalue weighted by Gasteiger charge is 2.23. The van der Waals surface area contributed by atoms with E-state index >= 15 is 0 Å². The van der Waals surface area contributed by atoms with Crippen LogP contribution in [0.25, 0.3) is 0 Å². The highest BCUT2D eigenvalue weighted by molar-refractivity contribution is 5.74. The fourth-order valence-corrected chi connectivity index (χ4v) is 0.378. The molecular formula is C5H10O5. The third-order valence-electron chi connectivity index (χ3n) is 0.994. The first-order chi connectivity index (χ1) is 4.63. The Bertz CT molecular complexity index is 113. The van der Waals surface area contributed by atoms with E-state index < -0.39 is 24.8 Å². The van der Waals surface area contributed by atoms with Crippen LogP contribution in [-0.4, -0.2) is 47.2 Å². The SMILES string of the molecule is COC(=O)[C@@H](O)[C@@H](O)CO. The van der Waals surface area contributed by atoms with E-state index in [2.05, 4.69) is 4.74 Å². The van der Waals surface area contributed by atoms with Crippen molar-refractivity contribution in [1.29, 1.82) is 0 Å². The van der Waals surface area contributed by atoms with Crippen LogP contribution in [-0.2, 0) is 9.53 Å². The number of hydrogen-bond acceptors (Lipinski definition) is 5. The average Bonchev–Trinajstić information content (AvgIpc) is 2.00. The van der Waals surface area contributed by atoms with Crippen molar-refractivity contribution in [3.05, 3.63) is 0 Å². The van der Waals surface area contributed by atoms with E-state index in [0.717, 1.165) is 7.11 Å². The van der Waals surface area contributed by atoms with Gasteiger partial charge in [0.25, 0.3) is 0 Å². The molecule has 0 fully saturated rings. The van der Waals surface area contributed by atoms with E-state index in [1.807, 2.05) is 0 Å². The van der Waals surface area contributed by atoms with Gasteiger partial charge in [0.05, 0.1) is 13.7 Å². The van der Waals surface area contributed by atoms with Crippen LogP contribution in [0.5, 0.6) is 0 Å². The molecule has 0 rings (SSSR count). The number of hydrogen-bond donors (Lipinski definition) is 3. The monoisotopic (exact) mass is 150 g/mol. The molecule has 0 aromatic carbocycles.